The molecule has 6 aromatic carbocycles. The van der Waals surface area contributed by atoms with E-state index in [-0.39, 0.29) is 63.3 Å². The molecule has 0 aliphatic carbocycles. The number of allylic oxidation sites excluding steroid dienone is 4. The molecule has 0 saturated carbocycles. The van der Waals surface area contributed by atoms with Crippen LogP contribution < -0.4 is 0 Å². The van der Waals surface area contributed by atoms with E-state index >= 15 is 0 Å². The first-order valence-electron chi connectivity index (χ1n) is 23.1. The number of aliphatic hydroxyl groups is 2. The summed E-state index contributed by atoms with van der Waals surface area (Å²) in [7, 11) is 0. The fraction of sp³-hybridized carbons (Fsp3) is 0.0968. The molecule has 74 heavy (non-hydrogen) atoms. The second kappa shape index (κ2) is 24.3. The summed E-state index contributed by atoms with van der Waals surface area (Å²) in [4.78, 5) is 32.1. The van der Waals surface area contributed by atoms with Crippen molar-refractivity contribution in [3.05, 3.63) is 205 Å². The van der Waals surface area contributed by atoms with Crippen molar-refractivity contribution in [2.24, 2.45) is 0 Å². The second-order valence-corrected chi connectivity index (χ2v) is 19.4. The Kier molecular flexibility index (Phi) is 17.9. The van der Waals surface area contributed by atoms with Gasteiger partial charge in [-0.15, -0.1) is 59.1 Å². The van der Waals surface area contributed by atoms with Crippen molar-refractivity contribution >= 4 is 98.3 Å². The van der Waals surface area contributed by atoms with Gasteiger partial charge in [-0.25, -0.2) is 0 Å². The summed E-state index contributed by atoms with van der Waals surface area (Å²) >= 11 is 3.60. The van der Waals surface area contributed by atoms with Crippen LogP contribution >= 0.6 is 22.7 Å². The number of benzene rings is 6. The topological polar surface area (TPSA) is 127 Å². The minimum atomic E-state index is -0.125. The van der Waals surface area contributed by atoms with E-state index in [0.717, 1.165) is 77.2 Å². The van der Waals surface area contributed by atoms with Crippen LogP contribution in [0.5, 0.6) is 0 Å². The van der Waals surface area contributed by atoms with E-state index in [2.05, 4.69) is 117 Å². The van der Waals surface area contributed by atoms with E-state index in [1.54, 1.807) is 11.3 Å². The molecule has 6 aromatic heterocycles. The number of thiophene rings is 2. The average Bonchev–Trinajstić information content (AvgIpc) is 4.16. The first-order chi connectivity index (χ1) is 34.8. The first kappa shape index (κ1) is 54.6. The minimum Gasteiger partial charge on any atom is -0.512 e. The Morgan fingerprint density at radius 2 is 0.959 bits per heavy atom. The number of furan rings is 2. The Labute approximate surface area is 463 Å². The second-order valence-electron chi connectivity index (χ2n) is 17.2. The van der Waals surface area contributed by atoms with Crippen LogP contribution in [-0.2, 0) is 49.8 Å². The molecular formula is C62H48Ir2N2O6S2-2. The monoisotopic (exact) mass is 1370 g/mol. The molecule has 0 aliphatic rings. The summed E-state index contributed by atoms with van der Waals surface area (Å²) in [6, 6.07) is 56.7. The van der Waals surface area contributed by atoms with Crippen molar-refractivity contribution in [2.45, 2.75) is 41.5 Å². The van der Waals surface area contributed by atoms with Crippen molar-refractivity contribution in [1.82, 2.24) is 9.97 Å². The third-order valence-corrected chi connectivity index (χ3v) is 13.9. The van der Waals surface area contributed by atoms with Gasteiger partial charge in [0.2, 0.25) is 0 Å². The number of hydrogen-bond donors (Lipinski definition) is 2. The number of pyridine rings is 2. The molecule has 12 rings (SSSR count). The van der Waals surface area contributed by atoms with Crippen LogP contribution in [0.3, 0.4) is 0 Å². The average molecular weight is 1370 g/mol. The molecule has 0 atom stereocenters. The number of carbonyl (C=O) groups excluding carboxylic acids is 2. The number of carbonyl (C=O) groups is 2. The van der Waals surface area contributed by atoms with Crippen molar-refractivity contribution in [3.8, 4) is 43.4 Å². The van der Waals surface area contributed by atoms with Crippen LogP contribution in [0.1, 0.15) is 38.8 Å². The minimum absolute atomic E-state index is 0. The Morgan fingerprint density at radius 3 is 1.41 bits per heavy atom. The largest absolute Gasteiger partial charge is 0.512 e. The summed E-state index contributed by atoms with van der Waals surface area (Å²) in [6.45, 7) is 10.0. The van der Waals surface area contributed by atoms with Crippen LogP contribution in [0.2, 0.25) is 0 Å². The third-order valence-electron chi connectivity index (χ3n) is 11.6. The van der Waals surface area contributed by atoms with Crippen LogP contribution in [0.25, 0.3) is 107 Å². The zero-order valence-electron chi connectivity index (χ0n) is 41.1. The molecule has 0 fully saturated rings. The van der Waals surface area contributed by atoms with E-state index in [4.69, 9.17) is 29.0 Å². The predicted octanol–water partition coefficient (Wildman–Crippen LogP) is 17.3. The molecule has 0 spiro atoms. The summed E-state index contributed by atoms with van der Waals surface area (Å²) in [5.41, 5.74) is 12.2. The molecule has 0 bridgehead atoms. The molecule has 12 aromatic rings. The van der Waals surface area contributed by atoms with E-state index in [1.807, 2.05) is 78.3 Å². The number of aliphatic hydroxyl groups excluding tert-OH is 2. The molecule has 8 nitrogen and oxygen atoms in total. The Hall–Kier alpha value is -7.14. The Balaban J connectivity index is 0.000000169. The summed E-state index contributed by atoms with van der Waals surface area (Å²) in [6.07, 6.45) is 6.25. The summed E-state index contributed by atoms with van der Waals surface area (Å²) in [5.74, 6) is -0.125. The molecule has 0 unspecified atom stereocenters. The van der Waals surface area contributed by atoms with Crippen LogP contribution in [0.4, 0.5) is 0 Å². The smallest absolute Gasteiger partial charge is 0.155 e. The maximum absolute atomic E-state index is 10.0. The van der Waals surface area contributed by atoms with Gasteiger partial charge < -0.3 is 29.0 Å². The maximum atomic E-state index is 10.0. The quantitative estimate of drug-likeness (QED) is 0.0958. The number of para-hydroxylation sites is 2. The van der Waals surface area contributed by atoms with Crippen LogP contribution in [0, 0.1) is 26.0 Å². The van der Waals surface area contributed by atoms with Gasteiger partial charge in [-0.05, 0) is 99.4 Å². The number of aryl methyl sites for hydroxylation is 2. The van der Waals surface area contributed by atoms with E-state index < -0.39 is 0 Å². The predicted molar refractivity (Wildman–Crippen MR) is 297 cm³/mol. The van der Waals surface area contributed by atoms with E-state index in [9.17, 15) is 9.59 Å². The number of aromatic nitrogens is 2. The van der Waals surface area contributed by atoms with Gasteiger partial charge in [0.15, 0.2) is 11.6 Å². The van der Waals surface area contributed by atoms with Crippen molar-refractivity contribution in [3.63, 3.8) is 0 Å². The molecule has 374 valence electrons. The van der Waals surface area contributed by atoms with Gasteiger partial charge >= 0.3 is 0 Å². The fourth-order valence-electron chi connectivity index (χ4n) is 8.56. The van der Waals surface area contributed by atoms with Crippen molar-refractivity contribution in [2.75, 3.05) is 0 Å². The number of fused-ring (bicyclic) bond motifs is 8. The molecule has 12 heteroatoms. The number of rotatable bonds is 6. The zero-order chi connectivity index (χ0) is 50.5. The molecule has 2 N–H and O–H groups in total. The molecular weight excluding hydrogens is 1320 g/mol. The first-order valence-corrected chi connectivity index (χ1v) is 24.8. The standard InChI is InChI=1S/C27H18NOS.C25H14NOS.2C5H8O2.2Ir/c1-16-7-5-8-17(2)26(16)25-13-18-15-28-22(14-24(18)30-25)21-11-6-10-20-19-9-3-4-12-23(19)29-27(20)21;1-2-7-16(8-3-1)23-13-17-15-26-21(14-24(17)28-23)20-11-6-10-19-18-9-4-5-12-22(18)27-25(19)20;2*1-4(6)3-5(2)7;;/h3-10,12-15H,1-2H3;1-10,12-15H;2*3,6H,1-2H3;;/q2*-1;;;;. The third kappa shape index (κ3) is 12.3. The maximum Gasteiger partial charge on any atom is 0.155 e. The van der Waals surface area contributed by atoms with Gasteiger partial charge in [0.1, 0.15) is 11.2 Å². The molecule has 0 amide bonds. The van der Waals surface area contributed by atoms with Gasteiger partial charge in [-0.1, -0.05) is 119 Å². The van der Waals surface area contributed by atoms with Gasteiger partial charge in [0.05, 0.1) is 22.7 Å². The van der Waals surface area contributed by atoms with Gasteiger partial charge in [-0.3, -0.25) is 9.59 Å². The van der Waals surface area contributed by atoms with E-state index in [1.165, 1.54) is 81.3 Å². The Bertz CT molecular complexity index is 3980. The SMILES string of the molecule is CC(=O)C=C(C)O.CC(=O)C=C(C)O.Cc1cccc(C)c1-c1cc2cnc(-c3[c-]ccc4c3oc3ccccc34)cc2s1.[Ir].[Ir].[c-]1ccc2c(oc3ccccc32)c1-c1cc2sc(-c3ccccc3)cc2cn1. The normalized spacial score (nSPS) is 11.3. The number of ketones is 2. The van der Waals surface area contributed by atoms with Gasteiger partial charge in [-0.2, -0.15) is 0 Å². The molecule has 0 saturated heterocycles. The fourth-order valence-corrected chi connectivity index (χ4v) is 10.9. The summed E-state index contributed by atoms with van der Waals surface area (Å²) < 4.78 is 14.8. The molecule has 2 radical (unpaired) electrons. The van der Waals surface area contributed by atoms with Gasteiger partial charge in [0, 0.05) is 105 Å². The molecule has 6 heterocycles. The van der Waals surface area contributed by atoms with Crippen molar-refractivity contribution in [1.29, 1.82) is 0 Å². The van der Waals surface area contributed by atoms with E-state index in [0.29, 0.717) is 0 Å². The number of hydrogen-bond acceptors (Lipinski definition) is 10. The molecule has 0 aliphatic heterocycles. The Morgan fingerprint density at radius 1 is 0.527 bits per heavy atom. The van der Waals surface area contributed by atoms with Gasteiger partial charge in [0.25, 0.3) is 0 Å². The zero-order valence-corrected chi connectivity index (χ0v) is 47.5. The van der Waals surface area contributed by atoms with Crippen LogP contribution in [-0.4, -0.2) is 31.7 Å². The van der Waals surface area contributed by atoms with Crippen molar-refractivity contribution < 1.29 is 68.8 Å². The number of nitrogens with zero attached hydrogens (tertiary/aromatic N) is 2. The van der Waals surface area contributed by atoms with Crippen LogP contribution in [0.15, 0.2) is 190 Å². The summed E-state index contributed by atoms with van der Waals surface area (Å²) in [5, 5.41) is 23.5.